The number of benzene rings is 1. The Balaban J connectivity index is 2.18. The molecule has 1 aromatic carbocycles. The molecule has 1 aromatic rings. The van der Waals surface area contributed by atoms with Gasteiger partial charge in [-0.2, -0.15) is 0 Å². The third-order valence-electron chi connectivity index (χ3n) is 3.72. The van der Waals surface area contributed by atoms with Gasteiger partial charge in [-0.05, 0) is 31.4 Å². The number of aliphatic hydroxyl groups excluding tert-OH is 1. The van der Waals surface area contributed by atoms with Gasteiger partial charge in [-0.1, -0.05) is 23.2 Å². The predicted octanol–water partition coefficient (Wildman–Crippen LogP) is 3.22. The van der Waals surface area contributed by atoms with Crippen molar-refractivity contribution in [1.82, 2.24) is 0 Å². The summed E-state index contributed by atoms with van der Waals surface area (Å²) in [5, 5.41) is 9.76. The lowest BCUT2D eigenvalue weighted by molar-refractivity contribution is 0.151. The molecule has 0 heterocycles. The van der Waals surface area contributed by atoms with Crippen molar-refractivity contribution in [2.75, 3.05) is 6.26 Å². The zero-order chi connectivity index (χ0) is 15.6. The van der Waals surface area contributed by atoms with Crippen molar-refractivity contribution in [2.24, 2.45) is 0 Å². The van der Waals surface area contributed by atoms with Crippen LogP contribution in [0.3, 0.4) is 0 Å². The van der Waals surface area contributed by atoms with E-state index in [4.69, 9.17) is 27.9 Å². The predicted molar refractivity (Wildman–Crippen MR) is 83.9 cm³/mol. The Bertz CT molecular complexity index is 616. The van der Waals surface area contributed by atoms with Crippen molar-refractivity contribution < 1.29 is 18.3 Å². The zero-order valence-corrected chi connectivity index (χ0v) is 14.0. The van der Waals surface area contributed by atoms with Crippen LogP contribution in [0.2, 0.25) is 10.0 Å². The van der Waals surface area contributed by atoms with Gasteiger partial charge in [0.25, 0.3) is 0 Å². The van der Waals surface area contributed by atoms with Crippen molar-refractivity contribution in [2.45, 2.75) is 43.6 Å². The Hall–Kier alpha value is -0.490. The standard InChI is InChI=1S/C14H18Cl2O4S/c1-21(18,19)12-4-2-3-11(7-12)20-14-9(8-17)5-10(15)6-13(14)16/h5-6,11-12,17H,2-4,7-8H2,1H3. The number of hydrogen-bond acceptors (Lipinski definition) is 4. The van der Waals surface area contributed by atoms with E-state index in [0.717, 1.165) is 12.8 Å². The summed E-state index contributed by atoms with van der Waals surface area (Å²) in [4.78, 5) is 0. The lowest BCUT2D eigenvalue weighted by Gasteiger charge is -2.29. The van der Waals surface area contributed by atoms with Gasteiger partial charge >= 0.3 is 0 Å². The normalized spacial score (nSPS) is 23.0. The van der Waals surface area contributed by atoms with Gasteiger partial charge < -0.3 is 9.84 Å². The van der Waals surface area contributed by atoms with Crippen LogP contribution in [0, 0.1) is 0 Å². The van der Waals surface area contributed by atoms with Crippen LogP contribution in [0.25, 0.3) is 0 Å². The molecule has 1 saturated carbocycles. The fraction of sp³-hybridized carbons (Fsp3) is 0.571. The van der Waals surface area contributed by atoms with Crippen LogP contribution in [-0.2, 0) is 16.4 Å². The zero-order valence-electron chi connectivity index (χ0n) is 11.7. The monoisotopic (exact) mass is 352 g/mol. The molecule has 0 saturated heterocycles. The van der Waals surface area contributed by atoms with E-state index in [-0.39, 0.29) is 18.0 Å². The molecule has 0 aromatic heterocycles. The second kappa shape index (κ2) is 6.73. The highest BCUT2D eigenvalue weighted by molar-refractivity contribution is 7.91. The molecule has 0 spiro atoms. The molecule has 2 atom stereocenters. The fourth-order valence-corrected chi connectivity index (χ4v) is 4.37. The van der Waals surface area contributed by atoms with Crippen molar-refractivity contribution >= 4 is 33.0 Å². The highest BCUT2D eigenvalue weighted by atomic mass is 35.5. The third kappa shape index (κ3) is 4.25. The first-order chi connectivity index (χ1) is 9.81. The number of halogens is 2. The van der Waals surface area contributed by atoms with E-state index < -0.39 is 9.84 Å². The molecule has 2 unspecified atom stereocenters. The van der Waals surface area contributed by atoms with Gasteiger partial charge in [-0.25, -0.2) is 8.42 Å². The molecule has 1 fully saturated rings. The molecule has 1 aliphatic rings. The van der Waals surface area contributed by atoms with E-state index in [2.05, 4.69) is 0 Å². The van der Waals surface area contributed by atoms with E-state index in [1.54, 1.807) is 12.1 Å². The fourth-order valence-electron chi connectivity index (χ4n) is 2.63. The average molecular weight is 353 g/mol. The number of aliphatic hydroxyl groups is 1. The summed E-state index contributed by atoms with van der Waals surface area (Å²) in [7, 11) is -3.07. The Kier molecular flexibility index (Phi) is 5.41. The summed E-state index contributed by atoms with van der Waals surface area (Å²) >= 11 is 12.0. The molecule has 2 rings (SSSR count). The minimum Gasteiger partial charge on any atom is -0.488 e. The quantitative estimate of drug-likeness (QED) is 0.903. The van der Waals surface area contributed by atoms with Gasteiger partial charge in [0.15, 0.2) is 0 Å². The van der Waals surface area contributed by atoms with Crippen molar-refractivity contribution in [3.63, 3.8) is 0 Å². The number of hydrogen-bond donors (Lipinski definition) is 1. The van der Waals surface area contributed by atoms with Gasteiger partial charge in [0, 0.05) is 23.3 Å². The molecule has 1 N–H and O–H groups in total. The number of ether oxygens (including phenoxy) is 1. The largest absolute Gasteiger partial charge is 0.488 e. The van der Waals surface area contributed by atoms with E-state index in [1.165, 1.54) is 6.26 Å². The SMILES string of the molecule is CS(=O)(=O)C1CCCC(Oc2c(Cl)cc(Cl)cc2CO)C1. The molecular formula is C14H18Cl2O4S. The second-order valence-electron chi connectivity index (χ2n) is 5.39. The topological polar surface area (TPSA) is 63.6 Å². The van der Waals surface area contributed by atoms with Gasteiger partial charge in [0.1, 0.15) is 21.7 Å². The minimum atomic E-state index is -3.07. The maximum atomic E-state index is 11.7. The van der Waals surface area contributed by atoms with Gasteiger partial charge in [-0.3, -0.25) is 0 Å². The van der Waals surface area contributed by atoms with Crippen molar-refractivity contribution in [1.29, 1.82) is 0 Å². The Labute approximate surface area is 134 Å². The highest BCUT2D eigenvalue weighted by Crippen LogP contribution is 2.36. The molecule has 0 bridgehead atoms. The molecule has 0 amide bonds. The third-order valence-corrected chi connectivity index (χ3v) is 5.86. The highest BCUT2D eigenvalue weighted by Gasteiger charge is 2.30. The van der Waals surface area contributed by atoms with Gasteiger partial charge in [-0.15, -0.1) is 0 Å². The maximum absolute atomic E-state index is 11.7. The Morgan fingerprint density at radius 1 is 1.33 bits per heavy atom. The second-order valence-corrected chi connectivity index (χ2v) is 8.56. The first-order valence-corrected chi connectivity index (χ1v) is 9.46. The van der Waals surface area contributed by atoms with E-state index in [0.29, 0.717) is 34.2 Å². The summed E-state index contributed by atoms with van der Waals surface area (Å²) in [6.07, 6.45) is 3.72. The van der Waals surface area contributed by atoms with Crippen LogP contribution < -0.4 is 4.74 Å². The van der Waals surface area contributed by atoms with Crippen LogP contribution in [0.15, 0.2) is 12.1 Å². The molecule has 0 aliphatic heterocycles. The Morgan fingerprint density at radius 2 is 2.05 bits per heavy atom. The number of rotatable bonds is 4. The summed E-state index contributed by atoms with van der Waals surface area (Å²) in [5.74, 6) is 0.391. The summed E-state index contributed by atoms with van der Waals surface area (Å²) in [6.45, 7) is -0.238. The van der Waals surface area contributed by atoms with Crippen LogP contribution in [0.4, 0.5) is 0 Å². The molecule has 21 heavy (non-hydrogen) atoms. The molecular weight excluding hydrogens is 335 g/mol. The summed E-state index contributed by atoms with van der Waals surface area (Å²) in [5.41, 5.74) is 0.508. The van der Waals surface area contributed by atoms with Crippen LogP contribution in [0.1, 0.15) is 31.2 Å². The molecule has 118 valence electrons. The van der Waals surface area contributed by atoms with E-state index in [9.17, 15) is 13.5 Å². The van der Waals surface area contributed by atoms with E-state index in [1.807, 2.05) is 0 Å². The Morgan fingerprint density at radius 3 is 2.67 bits per heavy atom. The summed E-state index contributed by atoms with van der Waals surface area (Å²) < 4.78 is 29.2. The van der Waals surface area contributed by atoms with Crippen LogP contribution in [0.5, 0.6) is 5.75 Å². The molecule has 1 aliphatic carbocycles. The number of sulfone groups is 1. The van der Waals surface area contributed by atoms with Gasteiger partial charge in [0.2, 0.25) is 0 Å². The molecule has 0 radical (unpaired) electrons. The van der Waals surface area contributed by atoms with Gasteiger partial charge in [0.05, 0.1) is 16.9 Å². The van der Waals surface area contributed by atoms with Crippen molar-refractivity contribution in [3.05, 3.63) is 27.7 Å². The molecule has 7 heteroatoms. The average Bonchev–Trinajstić information content (AvgIpc) is 2.41. The van der Waals surface area contributed by atoms with Crippen molar-refractivity contribution in [3.8, 4) is 5.75 Å². The summed E-state index contributed by atoms with van der Waals surface area (Å²) in [6, 6.07) is 3.15. The smallest absolute Gasteiger partial charge is 0.150 e. The maximum Gasteiger partial charge on any atom is 0.150 e. The van der Waals surface area contributed by atoms with Crippen LogP contribution in [-0.4, -0.2) is 31.1 Å². The minimum absolute atomic E-state index is 0.220. The van der Waals surface area contributed by atoms with E-state index >= 15 is 0 Å². The first-order valence-electron chi connectivity index (χ1n) is 6.75. The first kappa shape index (κ1) is 16.9. The van der Waals surface area contributed by atoms with Crippen LogP contribution >= 0.6 is 23.2 Å². The lowest BCUT2D eigenvalue weighted by atomic mass is 9.97. The molecule has 4 nitrogen and oxygen atoms in total. The lowest BCUT2D eigenvalue weighted by Crippen LogP contribution is -2.33.